The fraction of sp³-hybridized carbons (Fsp3) is 0.400. The summed E-state index contributed by atoms with van der Waals surface area (Å²) in [4.78, 5) is 0. The van der Waals surface area contributed by atoms with Crippen LogP contribution in [0.1, 0.15) is 13.3 Å². The molecule has 3 nitrogen and oxygen atoms in total. The molecule has 0 aromatic heterocycles. The predicted molar refractivity (Wildman–Crippen MR) is 46.4 cm³/mol. The number of aliphatic hydroxyl groups excluding tert-OH is 2. The molecule has 0 bridgehead atoms. The standard InChI is InChI=1S/C3H3NOS.C2H4OS/c4-2-1-3(5)6;1-2(3)4/h1H2,(H,5,6);1H3,(H,3,4). The molecule has 0 aliphatic carbocycles. The van der Waals surface area contributed by atoms with Crippen molar-refractivity contribution in [1.29, 1.82) is 5.26 Å². The molecule has 10 heavy (non-hydrogen) atoms. The summed E-state index contributed by atoms with van der Waals surface area (Å²) in [6, 6.07) is 1.68. The third-order valence-electron chi connectivity index (χ3n) is 0.230. The molecule has 0 aliphatic heterocycles. The topological polar surface area (TPSA) is 64.2 Å². The Morgan fingerprint density at radius 2 is 1.80 bits per heavy atom. The lowest BCUT2D eigenvalue weighted by Crippen LogP contribution is -1.84. The first-order valence-electron chi connectivity index (χ1n) is 2.29. The minimum absolute atomic E-state index is 0.000000000000000222. The molecule has 0 rings (SSSR count). The van der Waals surface area contributed by atoms with Gasteiger partial charge in [0, 0.05) is 6.92 Å². The van der Waals surface area contributed by atoms with Crippen molar-refractivity contribution in [3.8, 4) is 6.07 Å². The van der Waals surface area contributed by atoms with Crippen molar-refractivity contribution in [1.82, 2.24) is 0 Å². The molecule has 0 fully saturated rings. The van der Waals surface area contributed by atoms with E-state index in [1.807, 2.05) is 0 Å². The van der Waals surface area contributed by atoms with Gasteiger partial charge in [0.25, 0.3) is 0 Å². The summed E-state index contributed by atoms with van der Waals surface area (Å²) in [6.07, 6.45) is -0.0324. The van der Waals surface area contributed by atoms with Crippen LogP contribution in [0.15, 0.2) is 0 Å². The molecular formula is C5H7NO2S2. The maximum absolute atomic E-state index is 8.06. The van der Waals surface area contributed by atoms with Gasteiger partial charge in [-0.1, -0.05) is 0 Å². The number of hydrogen-bond acceptors (Lipinski definition) is 3. The number of nitriles is 1. The molecule has 0 atom stereocenters. The van der Waals surface area contributed by atoms with Crippen molar-refractivity contribution in [2.75, 3.05) is 0 Å². The van der Waals surface area contributed by atoms with E-state index in [1.54, 1.807) is 6.07 Å². The first kappa shape index (κ1) is 12.0. The first-order valence-corrected chi connectivity index (χ1v) is 3.10. The Kier molecular flexibility index (Phi) is 9.92. The van der Waals surface area contributed by atoms with Crippen molar-refractivity contribution < 1.29 is 10.2 Å². The molecule has 0 radical (unpaired) electrons. The molecule has 0 spiro atoms. The molecule has 0 aromatic carbocycles. The van der Waals surface area contributed by atoms with Gasteiger partial charge in [0.2, 0.25) is 0 Å². The number of aliphatic hydroxyl groups is 2. The van der Waals surface area contributed by atoms with E-state index in [0.29, 0.717) is 0 Å². The van der Waals surface area contributed by atoms with Gasteiger partial charge >= 0.3 is 0 Å². The summed E-state index contributed by atoms with van der Waals surface area (Å²) in [5, 5.41) is 23.3. The molecule has 2 N–H and O–H groups in total. The van der Waals surface area contributed by atoms with Crippen LogP contribution in [0.3, 0.4) is 0 Å². The van der Waals surface area contributed by atoms with Crippen molar-refractivity contribution in [3.05, 3.63) is 0 Å². The lowest BCUT2D eigenvalue weighted by molar-refractivity contribution is 0.558. The molecule has 0 aliphatic rings. The summed E-state index contributed by atoms with van der Waals surface area (Å²) in [5.74, 6) is 0. The smallest absolute Gasteiger partial charge is 0.170 e. The van der Waals surface area contributed by atoms with E-state index < -0.39 is 0 Å². The molecule has 0 heterocycles. The average molecular weight is 177 g/mol. The Morgan fingerprint density at radius 1 is 1.50 bits per heavy atom. The zero-order chi connectivity index (χ0) is 8.57. The van der Waals surface area contributed by atoms with Crippen molar-refractivity contribution in [2.24, 2.45) is 0 Å². The Morgan fingerprint density at radius 3 is 1.80 bits per heavy atom. The largest absolute Gasteiger partial charge is 0.502 e. The highest BCUT2D eigenvalue weighted by Gasteiger charge is 1.81. The lowest BCUT2D eigenvalue weighted by atomic mass is 10.5. The van der Waals surface area contributed by atoms with Crippen LogP contribution in [0.25, 0.3) is 0 Å². The monoisotopic (exact) mass is 177 g/mol. The zero-order valence-corrected chi connectivity index (χ0v) is 7.00. The van der Waals surface area contributed by atoms with Gasteiger partial charge in [-0.2, -0.15) is 5.26 Å². The van der Waals surface area contributed by atoms with E-state index in [2.05, 4.69) is 24.4 Å². The normalized spacial score (nSPS) is 6.40. The van der Waals surface area contributed by atoms with Gasteiger partial charge in [0.15, 0.2) is 10.1 Å². The maximum Gasteiger partial charge on any atom is 0.170 e. The van der Waals surface area contributed by atoms with E-state index in [4.69, 9.17) is 15.5 Å². The van der Waals surface area contributed by atoms with Crippen LogP contribution in [-0.4, -0.2) is 20.3 Å². The minimum atomic E-state index is -0.238. The Labute approximate surface area is 69.9 Å². The second kappa shape index (κ2) is 8.27. The summed E-state index contributed by atoms with van der Waals surface area (Å²) in [7, 11) is 0. The van der Waals surface area contributed by atoms with Gasteiger partial charge in [0.05, 0.1) is 6.07 Å². The predicted octanol–water partition coefficient (Wildman–Crippen LogP) is 1.68. The van der Waals surface area contributed by atoms with Gasteiger partial charge in [0.1, 0.15) is 6.42 Å². The Balaban J connectivity index is 0. The van der Waals surface area contributed by atoms with Gasteiger partial charge in [-0.15, -0.1) is 0 Å². The van der Waals surface area contributed by atoms with Crippen molar-refractivity contribution in [3.63, 3.8) is 0 Å². The second-order valence-corrected chi connectivity index (χ2v) is 2.31. The molecule has 0 saturated carbocycles. The van der Waals surface area contributed by atoms with E-state index in [1.165, 1.54) is 6.92 Å². The van der Waals surface area contributed by atoms with Crippen LogP contribution in [0.2, 0.25) is 0 Å². The SMILES string of the molecule is CC(O)=S.N#CCC(O)=S. The van der Waals surface area contributed by atoms with Crippen LogP contribution in [0.4, 0.5) is 0 Å². The molecule has 0 unspecified atom stereocenters. The highest BCUT2D eigenvalue weighted by Crippen LogP contribution is 1.74. The van der Waals surface area contributed by atoms with E-state index in [9.17, 15) is 0 Å². The molecule has 0 saturated heterocycles. The fourth-order valence-corrected chi connectivity index (χ4v) is 0.132. The summed E-state index contributed by atoms with van der Waals surface area (Å²) >= 11 is 8.22. The zero-order valence-electron chi connectivity index (χ0n) is 5.37. The van der Waals surface area contributed by atoms with E-state index >= 15 is 0 Å². The minimum Gasteiger partial charge on any atom is -0.502 e. The summed E-state index contributed by atoms with van der Waals surface area (Å²) in [5.41, 5.74) is 0. The molecule has 5 heteroatoms. The van der Waals surface area contributed by atoms with Gasteiger partial charge < -0.3 is 10.2 Å². The number of thiocarbonyl (C=S) groups is 2. The quantitative estimate of drug-likeness (QED) is 0.596. The third kappa shape index (κ3) is 55.5. The van der Waals surface area contributed by atoms with Crippen LogP contribution in [-0.2, 0) is 0 Å². The average Bonchev–Trinajstić information content (AvgIpc) is 1.62. The van der Waals surface area contributed by atoms with Crippen LogP contribution in [0.5, 0.6) is 0 Å². The first-order chi connectivity index (χ1) is 4.50. The lowest BCUT2D eigenvalue weighted by Gasteiger charge is -1.74. The highest BCUT2D eigenvalue weighted by atomic mass is 32.1. The van der Waals surface area contributed by atoms with Crippen LogP contribution < -0.4 is 0 Å². The van der Waals surface area contributed by atoms with Crippen LogP contribution >= 0.6 is 24.4 Å². The fourth-order valence-electron chi connectivity index (χ4n) is 0.0676. The number of nitrogens with zero attached hydrogens (tertiary/aromatic N) is 1. The molecular weight excluding hydrogens is 170 g/mol. The third-order valence-corrected chi connectivity index (χ3v) is 0.375. The second-order valence-electron chi connectivity index (χ2n) is 1.25. The van der Waals surface area contributed by atoms with E-state index in [0.717, 1.165) is 0 Å². The van der Waals surface area contributed by atoms with Gasteiger partial charge in [-0.3, -0.25) is 0 Å². The number of rotatable bonds is 1. The van der Waals surface area contributed by atoms with E-state index in [-0.39, 0.29) is 16.5 Å². The highest BCUT2D eigenvalue weighted by molar-refractivity contribution is 7.80. The number of hydrogen-bond donors (Lipinski definition) is 2. The van der Waals surface area contributed by atoms with Crippen LogP contribution in [0, 0.1) is 11.3 Å². The van der Waals surface area contributed by atoms with Crippen molar-refractivity contribution >= 4 is 34.5 Å². The molecule has 0 amide bonds. The Hall–Kier alpha value is -0.730. The summed E-state index contributed by atoms with van der Waals surface area (Å²) in [6.45, 7) is 1.45. The maximum atomic E-state index is 8.06. The van der Waals surface area contributed by atoms with Crippen molar-refractivity contribution in [2.45, 2.75) is 13.3 Å². The molecule has 0 aromatic rings. The van der Waals surface area contributed by atoms with Gasteiger partial charge in [-0.25, -0.2) is 0 Å². The van der Waals surface area contributed by atoms with Gasteiger partial charge in [-0.05, 0) is 24.4 Å². The summed E-state index contributed by atoms with van der Waals surface area (Å²) < 4.78 is 0. The Bertz CT molecular complexity index is 158. The molecule has 56 valence electrons.